The van der Waals surface area contributed by atoms with Crippen LogP contribution in [0.2, 0.25) is 0 Å². The van der Waals surface area contributed by atoms with Crippen LogP contribution in [0.15, 0.2) is 78.9 Å². The normalized spacial score (nSPS) is 16.0. The number of imidazole rings is 1. The molecular weight excluding hydrogens is 473 g/mol. The molecule has 3 aromatic carbocycles. The van der Waals surface area contributed by atoms with Crippen molar-refractivity contribution in [2.45, 2.75) is 38.6 Å². The van der Waals surface area contributed by atoms with E-state index < -0.39 is 5.41 Å². The zero-order chi connectivity index (χ0) is 26.5. The fraction of sp³-hybridized carbons (Fsp3) is 0.375. The van der Waals surface area contributed by atoms with Gasteiger partial charge in [0.15, 0.2) is 0 Å². The van der Waals surface area contributed by atoms with E-state index in [1.54, 1.807) is 12.1 Å². The third-order valence-electron chi connectivity index (χ3n) is 8.06. The van der Waals surface area contributed by atoms with E-state index in [-0.39, 0.29) is 11.7 Å². The number of nitrogens with zero attached hydrogens (tertiary/aromatic N) is 5. The van der Waals surface area contributed by atoms with Crippen LogP contribution in [0.3, 0.4) is 0 Å². The van der Waals surface area contributed by atoms with Gasteiger partial charge in [-0.05, 0) is 60.7 Å². The summed E-state index contributed by atoms with van der Waals surface area (Å²) in [7, 11) is 0. The van der Waals surface area contributed by atoms with E-state index >= 15 is 0 Å². The maximum Gasteiger partial charge on any atom is 0.206 e. The standard InChI is InChI=1S/C32H36FN5/c1-25(2)32(24-34,27-13-15-28(33)16-14-27)17-8-18-36-19-21-37(22-20-36)31-35-29-11-6-7-12-30(29)38(31)23-26-9-4-3-5-10-26/h3-7,9-16,25H,8,17-23H2,1-2H3. The smallest absolute Gasteiger partial charge is 0.206 e. The Hall–Kier alpha value is -3.69. The summed E-state index contributed by atoms with van der Waals surface area (Å²) >= 11 is 0. The lowest BCUT2D eigenvalue weighted by Gasteiger charge is -2.37. The van der Waals surface area contributed by atoms with Gasteiger partial charge in [0.2, 0.25) is 5.95 Å². The molecule has 0 saturated carbocycles. The van der Waals surface area contributed by atoms with Crippen molar-refractivity contribution in [2.75, 3.05) is 37.6 Å². The lowest BCUT2D eigenvalue weighted by molar-refractivity contribution is 0.238. The molecule has 1 fully saturated rings. The number of piperazine rings is 1. The zero-order valence-electron chi connectivity index (χ0n) is 22.4. The summed E-state index contributed by atoms with van der Waals surface area (Å²) in [6.45, 7) is 9.70. The van der Waals surface area contributed by atoms with Gasteiger partial charge < -0.3 is 9.47 Å². The molecule has 1 atom stereocenters. The maximum absolute atomic E-state index is 13.5. The van der Waals surface area contributed by atoms with E-state index in [2.05, 4.69) is 82.8 Å². The second kappa shape index (κ2) is 11.4. The van der Waals surface area contributed by atoms with Crippen molar-refractivity contribution < 1.29 is 4.39 Å². The number of rotatable bonds is 9. The fourth-order valence-corrected chi connectivity index (χ4v) is 5.74. The first kappa shape index (κ1) is 25.9. The van der Waals surface area contributed by atoms with Gasteiger partial charge in [-0.1, -0.05) is 68.4 Å². The van der Waals surface area contributed by atoms with Gasteiger partial charge >= 0.3 is 0 Å². The number of aromatic nitrogens is 2. The molecule has 1 unspecified atom stereocenters. The fourth-order valence-electron chi connectivity index (χ4n) is 5.74. The van der Waals surface area contributed by atoms with Crippen LogP contribution in [-0.2, 0) is 12.0 Å². The molecule has 0 amide bonds. The Balaban J connectivity index is 1.24. The summed E-state index contributed by atoms with van der Waals surface area (Å²) in [5, 5.41) is 10.2. The van der Waals surface area contributed by atoms with Crippen LogP contribution in [0, 0.1) is 23.1 Å². The first-order valence-electron chi connectivity index (χ1n) is 13.6. The highest BCUT2D eigenvalue weighted by Crippen LogP contribution is 2.37. The molecule has 5 nitrogen and oxygen atoms in total. The number of hydrogen-bond donors (Lipinski definition) is 0. The number of nitriles is 1. The van der Waals surface area contributed by atoms with Crippen molar-refractivity contribution in [3.63, 3.8) is 0 Å². The highest BCUT2D eigenvalue weighted by atomic mass is 19.1. The second-order valence-corrected chi connectivity index (χ2v) is 10.6. The van der Waals surface area contributed by atoms with Crippen molar-refractivity contribution in [1.29, 1.82) is 5.26 Å². The Kier molecular flexibility index (Phi) is 7.76. The quantitative estimate of drug-likeness (QED) is 0.268. The Morgan fingerprint density at radius 2 is 1.61 bits per heavy atom. The van der Waals surface area contributed by atoms with Crippen molar-refractivity contribution >= 4 is 17.0 Å². The average Bonchev–Trinajstić information content (AvgIpc) is 3.31. The Morgan fingerprint density at radius 3 is 2.29 bits per heavy atom. The van der Waals surface area contributed by atoms with Crippen LogP contribution < -0.4 is 4.90 Å². The zero-order valence-corrected chi connectivity index (χ0v) is 22.4. The van der Waals surface area contributed by atoms with Crippen LogP contribution in [0.5, 0.6) is 0 Å². The highest BCUT2D eigenvalue weighted by molar-refractivity contribution is 5.79. The predicted molar refractivity (Wildman–Crippen MR) is 152 cm³/mol. The van der Waals surface area contributed by atoms with Crippen molar-refractivity contribution in [2.24, 2.45) is 5.92 Å². The summed E-state index contributed by atoms with van der Waals surface area (Å²) in [5.41, 5.74) is 3.78. The molecule has 1 aliphatic rings. The maximum atomic E-state index is 13.5. The summed E-state index contributed by atoms with van der Waals surface area (Å²) in [6, 6.07) is 28.0. The Morgan fingerprint density at radius 1 is 0.921 bits per heavy atom. The van der Waals surface area contributed by atoms with Gasteiger partial charge in [0.25, 0.3) is 0 Å². The number of para-hydroxylation sites is 2. The van der Waals surface area contributed by atoms with E-state index in [4.69, 9.17) is 4.98 Å². The summed E-state index contributed by atoms with van der Waals surface area (Å²) in [4.78, 5) is 9.93. The lowest BCUT2D eigenvalue weighted by Crippen LogP contribution is -2.47. The largest absolute Gasteiger partial charge is 0.340 e. The van der Waals surface area contributed by atoms with E-state index in [1.165, 1.54) is 17.7 Å². The van der Waals surface area contributed by atoms with Crippen LogP contribution in [-0.4, -0.2) is 47.2 Å². The second-order valence-electron chi connectivity index (χ2n) is 10.6. The molecular formula is C32H36FN5. The lowest BCUT2D eigenvalue weighted by atomic mass is 9.70. The minimum Gasteiger partial charge on any atom is -0.340 e. The van der Waals surface area contributed by atoms with Gasteiger partial charge in [-0.3, -0.25) is 4.90 Å². The third kappa shape index (κ3) is 5.30. The monoisotopic (exact) mass is 509 g/mol. The molecule has 0 bridgehead atoms. The molecule has 0 N–H and O–H groups in total. The van der Waals surface area contributed by atoms with Crippen molar-refractivity contribution in [3.8, 4) is 6.07 Å². The van der Waals surface area contributed by atoms with Crippen LogP contribution >= 0.6 is 0 Å². The summed E-state index contributed by atoms with van der Waals surface area (Å²) in [6.07, 6.45) is 1.69. The minimum atomic E-state index is -0.599. The molecule has 0 radical (unpaired) electrons. The van der Waals surface area contributed by atoms with Gasteiger partial charge in [0.05, 0.1) is 29.1 Å². The highest BCUT2D eigenvalue weighted by Gasteiger charge is 2.36. The molecule has 0 spiro atoms. The van der Waals surface area contributed by atoms with E-state index in [0.29, 0.717) is 0 Å². The molecule has 0 aliphatic carbocycles. The van der Waals surface area contributed by atoms with E-state index in [0.717, 1.165) is 74.7 Å². The Bertz CT molecular complexity index is 1380. The van der Waals surface area contributed by atoms with E-state index in [9.17, 15) is 9.65 Å². The predicted octanol–water partition coefficient (Wildman–Crippen LogP) is 6.24. The van der Waals surface area contributed by atoms with E-state index in [1.807, 2.05) is 6.07 Å². The number of hydrogen-bond acceptors (Lipinski definition) is 4. The van der Waals surface area contributed by atoms with Crippen LogP contribution in [0.25, 0.3) is 11.0 Å². The molecule has 196 valence electrons. The first-order valence-corrected chi connectivity index (χ1v) is 13.6. The van der Waals surface area contributed by atoms with Crippen molar-refractivity contribution in [1.82, 2.24) is 14.5 Å². The van der Waals surface area contributed by atoms with Gasteiger partial charge in [0.1, 0.15) is 5.82 Å². The Labute approximate surface area is 225 Å². The number of anilines is 1. The molecule has 5 rings (SSSR count). The molecule has 1 saturated heterocycles. The van der Waals surface area contributed by atoms with Crippen LogP contribution in [0.1, 0.15) is 37.8 Å². The molecule has 6 heteroatoms. The number of halogens is 1. The van der Waals surface area contributed by atoms with Gasteiger partial charge in [-0.15, -0.1) is 0 Å². The summed E-state index contributed by atoms with van der Waals surface area (Å²) < 4.78 is 15.9. The molecule has 1 aromatic heterocycles. The SMILES string of the molecule is CC(C)C(C#N)(CCCN1CCN(c2nc3ccccc3n2Cc2ccccc2)CC1)c1ccc(F)cc1. The average molecular weight is 510 g/mol. The number of fused-ring (bicyclic) bond motifs is 1. The van der Waals surface area contributed by atoms with Gasteiger partial charge in [-0.2, -0.15) is 5.26 Å². The molecule has 4 aromatic rings. The third-order valence-corrected chi connectivity index (χ3v) is 8.06. The van der Waals surface area contributed by atoms with Gasteiger partial charge in [-0.25, -0.2) is 9.37 Å². The molecule has 38 heavy (non-hydrogen) atoms. The number of benzene rings is 3. The minimum absolute atomic E-state index is 0.146. The first-order chi connectivity index (χ1) is 18.5. The topological polar surface area (TPSA) is 48.1 Å². The van der Waals surface area contributed by atoms with Gasteiger partial charge in [0, 0.05) is 26.2 Å². The van der Waals surface area contributed by atoms with Crippen LogP contribution in [0.4, 0.5) is 10.3 Å². The molecule has 2 heterocycles. The molecule has 1 aliphatic heterocycles. The van der Waals surface area contributed by atoms with Crippen molar-refractivity contribution in [3.05, 3.63) is 95.8 Å². The summed E-state index contributed by atoms with van der Waals surface area (Å²) in [5.74, 6) is 0.918.